The molecule has 0 aliphatic rings. The number of ether oxygens (including phenoxy) is 1. The first-order valence-corrected chi connectivity index (χ1v) is 8.07. The Bertz CT molecular complexity index is 692. The monoisotopic (exact) mass is 464 g/mol. The fraction of sp³-hybridized carbons (Fsp3) is 0.375. The molecule has 8 heteroatoms. The van der Waals surface area contributed by atoms with Gasteiger partial charge < -0.3 is 15.4 Å². The van der Waals surface area contributed by atoms with Gasteiger partial charge >= 0.3 is 0 Å². The predicted molar refractivity (Wildman–Crippen MR) is 107 cm³/mol. The van der Waals surface area contributed by atoms with Gasteiger partial charge in [-0.2, -0.15) is 0 Å². The summed E-state index contributed by atoms with van der Waals surface area (Å²) < 4.78 is 18.7. The van der Waals surface area contributed by atoms with E-state index in [-0.39, 0.29) is 41.6 Å². The highest BCUT2D eigenvalue weighted by atomic mass is 127. The van der Waals surface area contributed by atoms with Crippen molar-refractivity contribution in [2.75, 3.05) is 14.2 Å². The van der Waals surface area contributed by atoms with E-state index in [4.69, 9.17) is 4.74 Å². The van der Waals surface area contributed by atoms with Crippen LogP contribution in [-0.2, 0) is 6.54 Å². The average Bonchev–Trinajstić information content (AvgIpc) is 2.96. The number of nitrogens with one attached hydrogen (secondary N) is 2. The first kappa shape index (κ1) is 20.6. The van der Waals surface area contributed by atoms with Gasteiger partial charge in [0.15, 0.2) is 17.5 Å². The summed E-state index contributed by atoms with van der Waals surface area (Å²) >= 11 is 1.64. The molecule has 0 radical (unpaired) electrons. The SMILES string of the molecule is CN=C(NCc1ncc(C)s1)NC(C)c1ccc(OC)c(F)c1.I. The molecule has 0 saturated heterocycles. The van der Waals surface area contributed by atoms with E-state index in [1.54, 1.807) is 24.5 Å². The van der Waals surface area contributed by atoms with Crippen LogP contribution in [0.2, 0.25) is 0 Å². The Morgan fingerprint density at radius 1 is 1.46 bits per heavy atom. The standard InChI is InChI=1S/C16H21FN4OS.HI/c1-10-8-19-15(23-10)9-20-16(18-3)21-11(2)12-5-6-14(22-4)13(17)7-12;/h5-8,11H,9H2,1-4H3,(H2,18,20,21);1H. The van der Waals surface area contributed by atoms with Gasteiger partial charge in [-0.3, -0.25) is 4.99 Å². The van der Waals surface area contributed by atoms with E-state index in [0.717, 1.165) is 10.6 Å². The van der Waals surface area contributed by atoms with Crippen molar-refractivity contribution < 1.29 is 9.13 Å². The minimum atomic E-state index is -0.375. The summed E-state index contributed by atoms with van der Waals surface area (Å²) in [6.45, 7) is 4.57. The van der Waals surface area contributed by atoms with Gasteiger partial charge in [0, 0.05) is 18.1 Å². The molecule has 2 aromatic rings. The number of guanidine groups is 1. The van der Waals surface area contributed by atoms with E-state index in [1.165, 1.54) is 18.1 Å². The van der Waals surface area contributed by atoms with Gasteiger partial charge in [-0.25, -0.2) is 9.37 Å². The normalized spacial score (nSPS) is 12.3. The van der Waals surface area contributed by atoms with E-state index in [0.29, 0.717) is 12.5 Å². The summed E-state index contributed by atoms with van der Waals surface area (Å²) in [5, 5.41) is 7.43. The number of thiazole rings is 1. The fourth-order valence-corrected chi connectivity index (χ4v) is 2.80. The third kappa shape index (κ3) is 5.59. The molecule has 1 unspecified atom stereocenters. The third-order valence-corrected chi connectivity index (χ3v) is 4.24. The molecule has 5 nitrogen and oxygen atoms in total. The van der Waals surface area contributed by atoms with E-state index < -0.39 is 0 Å². The smallest absolute Gasteiger partial charge is 0.191 e. The van der Waals surface area contributed by atoms with Crippen LogP contribution in [0.5, 0.6) is 5.75 Å². The Hall–Kier alpha value is -1.42. The molecule has 1 aromatic carbocycles. The number of halogens is 2. The first-order chi connectivity index (χ1) is 11.0. The van der Waals surface area contributed by atoms with Crippen molar-refractivity contribution in [1.29, 1.82) is 0 Å². The topological polar surface area (TPSA) is 58.5 Å². The van der Waals surface area contributed by atoms with Crippen molar-refractivity contribution in [3.8, 4) is 5.75 Å². The molecular weight excluding hydrogens is 442 g/mol. The number of aromatic nitrogens is 1. The largest absolute Gasteiger partial charge is 0.494 e. The highest BCUT2D eigenvalue weighted by molar-refractivity contribution is 14.0. The van der Waals surface area contributed by atoms with Crippen LogP contribution in [0.25, 0.3) is 0 Å². The number of hydrogen-bond acceptors (Lipinski definition) is 4. The van der Waals surface area contributed by atoms with Gasteiger partial charge in [0.1, 0.15) is 5.01 Å². The van der Waals surface area contributed by atoms with Gasteiger partial charge in [-0.05, 0) is 31.5 Å². The number of aliphatic imine (C=N–C) groups is 1. The zero-order valence-corrected chi connectivity index (χ0v) is 17.2. The van der Waals surface area contributed by atoms with Gasteiger partial charge in [0.25, 0.3) is 0 Å². The maximum absolute atomic E-state index is 13.8. The Morgan fingerprint density at radius 3 is 2.75 bits per heavy atom. The molecule has 1 heterocycles. The third-order valence-electron chi connectivity index (χ3n) is 3.33. The van der Waals surface area contributed by atoms with Crippen LogP contribution in [0.3, 0.4) is 0 Å². The predicted octanol–water partition coefficient (Wildman–Crippen LogP) is 3.64. The van der Waals surface area contributed by atoms with Crippen molar-refractivity contribution in [3.63, 3.8) is 0 Å². The van der Waals surface area contributed by atoms with Gasteiger partial charge in [0.05, 0.1) is 19.7 Å². The van der Waals surface area contributed by atoms with E-state index in [9.17, 15) is 4.39 Å². The quantitative estimate of drug-likeness (QED) is 0.403. The Morgan fingerprint density at radius 2 is 2.21 bits per heavy atom. The highest BCUT2D eigenvalue weighted by Gasteiger charge is 2.11. The Kier molecular flexibility index (Phi) is 8.40. The number of hydrogen-bond donors (Lipinski definition) is 2. The maximum atomic E-state index is 13.8. The van der Waals surface area contributed by atoms with E-state index in [1.807, 2.05) is 26.1 Å². The van der Waals surface area contributed by atoms with Crippen molar-refractivity contribution in [2.24, 2.45) is 4.99 Å². The lowest BCUT2D eigenvalue weighted by Crippen LogP contribution is -2.38. The summed E-state index contributed by atoms with van der Waals surface area (Å²) in [5.74, 6) is 0.504. The van der Waals surface area contributed by atoms with Crippen LogP contribution in [0, 0.1) is 12.7 Å². The van der Waals surface area contributed by atoms with Crippen molar-refractivity contribution in [3.05, 3.63) is 45.7 Å². The summed E-state index contributed by atoms with van der Waals surface area (Å²) in [6.07, 6.45) is 1.85. The second-order valence-electron chi connectivity index (χ2n) is 5.05. The number of aryl methyl sites for hydroxylation is 1. The number of rotatable bonds is 5. The molecule has 0 aliphatic carbocycles. The molecule has 1 aromatic heterocycles. The first-order valence-electron chi connectivity index (χ1n) is 7.25. The van der Waals surface area contributed by atoms with Crippen molar-refractivity contribution >= 4 is 41.3 Å². The number of nitrogens with zero attached hydrogens (tertiary/aromatic N) is 2. The van der Waals surface area contributed by atoms with Crippen molar-refractivity contribution in [1.82, 2.24) is 15.6 Å². The number of methoxy groups -OCH3 is 1. The lowest BCUT2D eigenvalue weighted by Gasteiger charge is -2.18. The van der Waals surface area contributed by atoms with Crippen LogP contribution < -0.4 is 15.4 Å². The molecule has 2 N–H and O–H groups in total. The average molecular weight is 464 g/mol. The minimum absolute atomic E-state index is 0. The highest BCUT2D eigenvalue weighted by Crippen LogP contribution is 2.21. The molecule has 0 saturated carbocycles. The van der Waals surface area contributed by atoms with Crippen LogP contribution in [-0.4, -0.2) is 25.1 Å². The van der Waals surface area contributed by atoms with Crippen LogP contribution in [0.4, 0.5) is 4.39 Å². The lowest BCUT2D eigenvalue weighted by atomic mass is 10.1. The molecule has 1 atom stereocenters. The van der Waals surface area contributed by atoms with Gasteiger partial charge in [0.2, 0.25) is 0 Å². The maximum Gasteiger partial charge on any atom is 0.191 e. The Balaban J connectivity index is 0.00000288. The molecule has 0 aliphatic heterocycles. The summed E-state index contributed by atoms with van der Waals surface area (Å²) in [4.78, 5) is 9.66. The van der Waals surface area contributed by atoms with E-state index >= 15 is 0 Å². The number of benzene rings is 1. The zero-order valence-electron chi connectivity index (χ0n) is 14.1. The minimum Gasteiger partial charge on any atom is -0.494 e. The second-order valence-corrected chi connectivity index (χ2v) is 6.37. The Labute approximate surface area is 162 Å². The summed E-state index contributed by atoms with van der Waals surface area (Å²) in [7, 11) is 3.15. The lowest BCUT2D eigenvalue weighted by molar-refractivity contribution is 0.386. The molecule has 0 spiro atoms. The summed E-state index contributed by atoms with van der Waals surface area (Å²) in [5.41, 5.74) is 0.816. The molecule has 0 bridgehead atoms. The second kappa shape index (κ2) is 9.77. The van der Waals surface area contributed by atoms with Crippen LogP contribution in [0.1, 0.15) is 28.4 Å². The van der Waals surface area contributed by atoms with Crippen LogP contribution in [0.15, 0.2) is 29.4 Å². The molecule has 0 fully saturated rings. The molecule has 2 rings (SSSR count). The summed E-state index contributed by atoms with van der Waals surface area (Å²) in [6, 6.07) is 4.82. The molecule has 24 heavy (non-hydrogen) atoms. The van der Waals surface area contributed by atoms with Crippen molar-refractivity contribution in [2.45, 2.75) is 26.4 Å². The molecule has 0 amide bonds. The van der Waals surface area contributed by atoms with Gasteiger partial charge in [-0.15, -0.1) is 35.3 Å². The van der Waals surface area contributed by atoms with Gasteiger partial charge in [-0.1, -0.05) is 6.07 Å². The van der Waals surface area contributed by atoms with E-state index in [2.05, 4.69) is 20.6 Å². The molecule has 132 valence electrons. The van der Waals surface area contributed by atoms with Crippen LogP contribution >= 0.6 is 35.3 Å². The molecular formula is C16H22FIN4OS. The zero-order chi connectivity index (χ0) is 16.8. The fourth-order valence-electron chi connectivity index (χ4n) is 2.08.